The highest BCUT2D eigenvalue weighted by Gasteiger charge is 2.47. The van der Waals surface area contributed by atoms with Gasteiger partial charge in [-0.3, -0.25) is 15.1 Å². The van der Waals surface area contributed by atoms with Crippen molar-refractivity contribution in [2.45, 2.75) is 61.6 Å². The number of benzene rings is 1. The van der Waals surface area contributed by atoms with Gasteiger partial charge in [-0.05, 0) is 24.5 Å². The molecule has 3 aliphatic rings. The van der Waals surface area contributed by atoms with Gasteiger partial charge in [-0.2, -0.15) is 5.26 Å². The molecule has 0 bridgehead atoms. The summed E-state index contributed by atoms with van der Waals surface area (Å²) in [6, 6.07) is 7.85. The molecule has 12 heteroatoms. The summed E-state index contributed by atoms with van der Waals surface area (Å²) in [7, 11) is 0. The van der Waals surface area contributed by atoms with Crippen LogP contribution in [0.1, 0.15) is 37.7 Å². The molecule has 1 saturated heterocycles. The summed E-state index contributed by atoms with van der Waals surface area (Å²) in [6.07, 6.45) is 1.32. The molecule has 4 rings (SSSR count). The minimum absolute atomic E-state index is 0.0863. The molecule has 1 spiro atoms. The van der Waals surface area contributed by atoms with Crippen molar-refractivity contribution in [3.63, 3.8) is 0 Å². The summed E-state index contributed by atoms with van der Waals surface area (Å²) in [5, 5.41) is 23.3. The Morgan fingerprint density at radius 3 is 2.42 bits per heavy atom. The molecule has 2 aliphatic heterocycles. The number of piperidine rings is 1. The number of rotatable bonds is 8. The molecule has 1 unspecified atom stereocenters. The highest BCUT2D eigenvalue weighted by Crippen LogP contribution is 2.35. The monoisotopic (exact) mass is 503 g/mol. The Balaban J connectivity index is 1.41. The van der Waals surface area contributed by atoms with E-state index in [4.69, 9.17) is 9.94 Å². The molecule has 1 saturated carbocycles. The summed E-state index contributed by atoms with van der Waals surface area (Å²) < 4.78 is 29.9. The second kappa shape index (κ2) is 9.73. The van der Waals surface area contributed by atoms with Crippen molar-refractivity contribution in [1.82, 2.24) is 21.0 Å². The number of carboxylic acids is 1. The van der Waals surface area contributed by atoms with Crippen LogP contribution in [0, 0.1) is 11.3 Å². The van der Waals surface area contributed by atoms with E-state index < -0.39 is 53.9 Å². The number of halogens is 2. The molecular weight excluding hydrogens is 476 g/mol. The Morgan fingerprint density at radius 1 is 1.19 bits per heavy atom. The lowest BCUT2D eigenvalue weighted by Crippen LogP contribution is -2.57. The zero-order chi connectivity index (χ0) is 26.0. The average molecular weight is 504 g/mol. The third-order valence-corrected chi connectivity index (χ3v) is 6.65. The first-order chi connectivity index (χ1) is 17.0. The molecule has 192 valence electrons. The van der Waals surface area contributed by atoms with Crippen molar-refractivity contribution >= 4 is 17.9 Å². The molecule has 10 nitrogen and oxygen atoms in total. The Kier molecular flexibility index (Phi) is 6.86. The Bertz CT molecular complexity index is 1090. The van der Waals surface area contributed by atoms with Crippen molar-refractivity contribution in [1.29, 1.82) is 5.26 Å². The fourth-order valence-electron chi connectivity index (χ4n) is 4.35. The molecule has 1 aliphatic carbocycles. The van der Waals surface area contributed by atoms with Crippen molar-refractivity contribution in [2.24, 2.45) is 0 Å². The molecule has 1 aromatic carbocycles. The van der Waals surface area contributed by atoms with E-state index in [0.29, 0.717) is 18.4 Å². The van der Waals surface area contributed by atoms with Gasteiger partial charge in [-0.1, -0.05) is 30.3 Å². The van der Waals surface area contributed by atoms with Gasteiger partial charge in [0.15, 0.2) is 0 Å². The van der Waals surface area contributed by atoms with Crippen LogP contribution in [0.2, 0.25) is 0 Å². The first kappa shape index (κ1) is 25.4. The minimum Gasteiger partial charge on any atom is -0.477 e. The fourth-order valence-corrected chi connectivity index (χ4v) is 4.35. The van der Waals surface area contributed by atoms with E-state index >= 15 is 0 Å². The first-order valence-corrected chi connectivity index (χ1v) is 11.7. The van der Waals surface area contributed by atoms with Crippen LogP contribution in [0.4, 0.5) is 13.6 Å². The van der Waals surface area contributed by atoms with E-state index in [1.807, 2.05) is 6.07 Å². The molecule has 2 fully saturated rings. The van der Waals surface area contributed by atoms with Crippen LogP contribution >= 0.6 is 0 Å². The van der Waals surface area contributed by atoms with Crippen LogP contribution in [0.25, 0.3) is 0 Å². The van der Waals surface area contributed by atoms with Crippen LogP contribution in [-0.4, -0.2) is 64.1 Å². The van der Waals surface area contributed by atoms with Gasteiger partial charge in [0.2, 0.25) is 5.91 Å². The van der Waals surface area contributed by atoms with E-state index in [1.54, 1.807) is 30.3 Å². The maximum Gasteiger partial charge on any atom is 0.354 e. The van der Waals surface area contributed by atoms with Crippen molar-refractivity contribution < 1.29 is 33.1 Å². The van der Waals surface area contributed by atoms with E-state index in [0.717, 1.165) is 0 Å². The number of urea groups is 1. The number of nitrogens with zero attached hydrogens (tertiary/aromatic N) is 2. The van der Waals surface area contributed by atoms with Crippen molar-refractivity contribution in [3.8, 4) is 6.07 Å². The second-order valence-electron chi connectivity index (χ2n) is 9.53. The van der Waals surface area contributed by atoms with E-state index in [1.165, 1.54) is 11.0 Å². The SMILES string of the molecule is N#CC1(NC(=O)C(CC(F)(F)Cc2ccccc2)NC(=O)N2CCC3(C=C(C(=O)O)NO3)CC2)CC1. The summed E-state index contributed by atoms with van der Waals surface area (Å²) in [4.78, 5) is 43.8. The summed E-state index contributed by atoms with van der Waals surface area (Å²) in [6.45, 7) is 0.321. The van der Waals surface area contributed by atoms with Gasteiger partial charge >= 0.3 is 12.0 Å². The maximum atomic E-state index is 15.0. The van der Waals surface area contributed by atoms with E-state index in [-0.39, 0.29) is 31.6 Å². The lowest BCUT2D eigenvalue weighted by molar-refractivity contribution is -0.135. The molecule has 4 N–H and O–H groups in total. The molecule has 0 aromatic heterocycles. The predicted molar refractivity (Wildman–Crippen MR) is 121 cm³/mol. The van der Waals surface area contributed by atoms with Gasteiger partial charge in [0.1, 0.15) is 22.9 Å². The lowest BCUT2D eigenvalue weighted by atomic mass is 9.91. The zero-order valence-corrected chi connectivity index (χ0v) is 19.4. The number of amides is 3. The number of carbonyl (C=O) groups is 3. The van der Waals surface area contributed by atoms with E-state index in [9.17, 15) is 28.4 Å². The number of likely N-dealkylation sites (tertiary alicyclic amines) is 1. The van der Waals surface area contributed by atoms with Crippen LogP contribution < -0.4 is 16.1 Å². The lowest BCUT2D eigenvalue weighted by Gasteiger charge is -2.37. The molecule has 0 radical (unpaired) electrons. The van der Waals surface area contributed by atoms with Gasteiger partial charge in [-0.15, -0.1) is 0 Å². The second-order valence-corrected chi connectivity index (χ2v) is 9.53. The summed E-state index contributed by atoms with van der Waals surface area (Å²) in [5.41, 5.74) is 0.717. The van der Waals surface area contributed by atoms with Crippen molar-refractivity contribution in [3.05, 3.63) is 47.7 Å². The summed E-state index contributed by atoms with van der Waals surface area (Å²) in [5.74, 6) is -5.29. The highest BCUT2D eigenvalue weighted by molar-refractivity contribution is 5.88. The topological polar surface area (TPSA) is 144 Å². The third kappa shape index (κ3) is 5.91. The van der Waals surface area contributed by atoms with Crippen molar-refractivity contribution in [2.75, 3.05) is 13.1 Å². The average Bonchev–Trinajstić information content (AvgIpc) is 3.49. The molecular formula is C24H27F2N5O5. The van der Waals surface area contributed by atoms with Crippen LogP contribution in [0.3, 0.4) is 0 Å². The Labute approximate surface area is 206 Å². The van der Waals surface area contributed by atoms with Gasteiger partial charge in [-0.25, -0.2) is 18.4 Å². The number of hydroxylamine groups is 1. The fraction of sp³-hybridized carbons (Fsp3) is 0.500. The Hall–Kier alpha value is -3.72. The normalized spacial score (nSPS) is 20.5. The molecule has 1 atom stereocenters. The highest BCUT2D eigenvalue weighted by atomic mass is 19.3. The molecule has 3 amide bonds. The van der Waals surface area contributed by atoms with E-state index in [2.05, 4.69) is 16.1 Å². The number of alkyl halides is 2. The van der Waals surface area contributed by atoms with Crippen LogP contribution in [-0.2, 0) is 20.8 Å². The maximum absolute atomic E-state index is 15.0. The number of aliphatic carboxylic acids is 1. The molecule has 1 aromatic rings. The van der Waals surface area contributed by atoms with Crippen LogP contribution in [0.5, 0.6) is 0 Å². The van der Waals surface area contributed by atoms with Gasteiger partial charge in [0.25, 0.3) is 5.92 Å². The number of hydrogen-bond acceptors (Lipinski definition) is 6. The quantitative estimate of drug-likeness (QED) is 0.424. The number of hydrogen-bond donors (Lipinski definition) is 4. The number of carbonyl (C=O) groups excluding carboxylic acids is 2. The van der Waals surface area contributed by atoms with Gasteiger partial charge in [0, 0.05) is 38.8 Å². The predicted octanol–water partition coefficient (Wildman–Crippen LogP) is 1.84. The van der Waals surface area contributed by atoms with Gasteiger partial charge < -0.3 is 20.6 Å². The summed E-state index contributed by atoms with van der Waals surface area (Å²) >= 11 is 0. The number of nitrogens with one attached hydrogen (secondary N) is 3. The first-order valence-electron chi connectivity index (χ1n) is 11.7. The van der Waals surface area contributed by atoms with Crippen LogP contribution in [0.15, 0.2) is 42.1 Å². The third-order valence-electron chi connectivity index (χ3n) is 6.65. The Morgan fingerprint density at radius 2 is 1.86 bits per heavy atom. The molecule has 2 heterocycles. The van der Waals surface area contributed by atoms with Gasteiger partial charge in [0.05, 0.1) is 6.07 Å². The number of carboxylic acid groups (broad SMARTS) is 1. The largest absolute Gasteiger partial charge is 0.477 e. The number of nitriles is 1. The standard InChI is InChI=1S/C24H27F2N5O5/c25-24(26,12-16-4-2-1-3-5-16)14-17(19(32)29-22(15-27)6-7-22)28-21(35)31-10-8-23(9-11-31)13-18(20(33)34)30-36-23/h1-5,13,17,30H,6-12,14H2,(H,28,35)(H,29,32)(H,33,34). The zero-order valence-electron chi connectivity index (χ0n) is 19.4. The minimum atomic E-state index is -3.30. The smallest absolute Gasteiger partial charge is 0.354 e. The molecule has 36 heavy (non-hydrogen) atoms.